The van der Waals surface area contributed by atoms with Gasteiger partial charge in [0.25, 0.3) is 0 Å². The molecule has 0 radical (unpaired) electrons. The number of ether oxygens (including phenoxy) is 2. The molecule has 0 saturated carbocycles. The summed E-state index contributed by atoms with van der Waals surface area (Å²) in [4.78, 5) is 14.6. The molecular formula is C10H16N2O4S. The summed E-state index contributed by atoms with van der Waals surface area (Å²) >= 11 is 1.19. The molecule has 0 spiro atoms. The van der Waals surface area contributed by atoms with Gasteiger partial charge in [-0.05, 0) is 0 Å². The van der Waals surface area contributed by atoms with Crippen molar-refractivity contribution in [2.75, 3.05) is 26.6 Å². The summed E-state index contributed by atoms with van der Waals surface area (Å²) < 4.78 is 12.1. The molecule has 7 heteroatoms. The molecule has 0 fully saturated rings. The first-order valence-electron chi connectivity index (χ1n) is 5.04. The normalized spacial score (nSPS) is 12.6. The lowest BCUT2D eigenvalue weighted by atomic mass is 10.4. The van der Waals surface area contributed by atoms with Crippen LogP contribution in [-0.2, 0) is 20.8 Å². The van der Waals surface area contributed by atoms with Gasteiger partial charge in [-0.25, -0.2) is 4.98 Å². The molecule has 1 atom stereocenters. The topological polar surface area (TPSA) is 73.6 Å². The Balaban J connectivity index is 2.57. The minimum absolute atomic E-state index is 0.00105. The van der Waals surface area contributed by atoms with Crippen molar-refractivity contribution >= 4 is 17.7 Å². The maximum Gasteiger partial charge on any atom is 0.313 e. The summed E-state index contributed by atoms with van der Waals surface area (Å²) in [6, 6.07) is 0. The molecule has 0 aromatic carbocycles. The fourth-order valence-corrected chi connectivity index (χ4v) is 1.99. The highest BCUT2D eigenvalue weighted by Gasteiger charge is 2.12. The van der Waals surface area contributed by atoms with Gasteiger partial charge in [-0.2, -0.15) is 0 Å². The van der Waals surface area contributed by atoms with E-state index in [1.165, 1.54) is 11.8 Å². The summed E-state index contributed by atoms with van der Waals surface area (Å²) in [5, 5.41) is 9.28. The molecule has 1 heterocycles. The highest BCUT2D eigenvalue weighted by atomic mass is 32.2. The van der Waals surface area contributed by atoms with E-state index in [2.05, 4.69) is 4.98 Å². The molecule has 1 N–H and O–H groups in total. The summed E-state index contributed by atoms with van der Waals surface area (Å²) in [6.45, 7) is 1.07. The fraction of sp³-hybridized carbons (Fsp3) is 0.600. The standard InChI is InChI=1S/C10H16N2O4S/c1-15-6-8(16-2)5-12-4-3-11-10(12)17-7-9(13)14/h3-4,8H,5-7H2,1-2H3,(H,13,14). The molecule has 0 amide bonds. The smallest absolute Gasteiger partial charge is 0.313 e. The van der Waals surface area contributed by atoms with Crippen LogP contribution in [0.15, 0.2) is 17.6 Å². The predicted octanol–water partition coefficient (Wildman–Crippen LogP) is 0.721. The van der Waals surface area contributed by atoms with E-state index >= 15 is 0 Å². The minimum atomic E-state index is -0.857. The Morgan fingerprint density at radius 2 is 2.41 bits per heavy atom. The predicted molar refractivity (Wildman–Crippen MR) is 63.3 cm³/mol. The lowest BCUT2D eigenvalue weighted by molar-refractivity contribution is -0.133. The number of carbonyl (C=O) groups is 1. The Kier molecular flexibility index (Phi) is 6.03. The van der Waals surface area contributed by atoms with Gasteiger partial charge in [-0.15, -0.1) is 0 Å². The quantitative estimate of drug-likeness (QED) is 0.694. The van der Waals surface area contributed by atoms with Crippen molar-refractivity contribution < 1.29 is 19.4 Å². The lowest BCUT2D eigenvalue weighted by Gasteiger charge is -2.16. The van der Waals surface area contributed by atoms with Crippen LogP contribution in [0.3, 0.4) is 0 Å². The Labute approximate surface area is 104 Å². The van der Waals surface area contributed by atoms with Gasteiger partial charge in [0.2, 0.25) is 0 Å². The van der Waals surface area contributed by atoms with Crippen LogP contribution in [0, 0.1) is 0 Å². The van der Waals surface area contributed by atoms with Gasteiger partial charge in [-0.3, -0.25) is 4.79 Å². The van der Waals surface area contributed by atoms with Crippen molar-refractivity contribution in [3.8, 4) is 0 Å². The number of aromatic nitrogens is 2. The van der Waals surface area contributed by atoms with Crippen LogP contribution >= 0.6 is 11.8 Å². The van der Waals surface area contributed by atoms with Gasteiger partial charge in [0.15, 0.2) is 5.16 Å². The van der Waals surface area contributed by atoms with Crippen molar-refractivity contribution in [2.24, 2.45) is 0 Å². The summed E-state index contributed by atoms with van der Waals surface area (Å²) in [6.07, 6.45) is 3.37. The van der Waals surface area contributed by atoms with Crippen molar-refractivity contribution in [2.45, 2.75) is 17.8 Å². The second-order valence-corrected chi connectivity index (χ2v) is 4.30. The van der Waals surface area contributed by atoms with Crippen LogP contribution in [0.5, 0.6) is 0 Å². The Morgan fingerprint density at radius 1 is 1.65 bits per heavy atom. The number of hydrogen-bond acceptors (Lipinski definition) is 5. The zero-order chi connectivity index (χ0) is 12.7. The van der Waals surface area contributed by atoms with Gasteiger partial charge in [0.1, 0.15) is 0 Å². The highest BCUT2D eigenvalue weighted by Crippen LogP contribution is 2.16. The highest BCUT2D eigenvalue weighted by molar-refractivity contribution is 7.99. The van der Waals surface area contributed by atoms with Crippen LogP contribution in [0.25, 0.3) is 0 Å². The number of thioether (sulfide) groups is 1. The minimum Gasteiger partial charge on any atom is -0.481 e. The van der Waals surface area contributed by atoms with Crippen molar-refractivity contribution in [3.05, 3.63) is 12.4 Å². The largest absolute Gasteiger partial charge is 0.481 e. The van der Waals surface area contributed by atoms with Gasteiger partial charge in [0.05, 0.1) is 25.0 Å². The Hall–Kier alpha value is -1.05. The second-order valence-electron chi connectivity index (χ2n) is 3.36. The number of imidazole rings is 1. The maximum atomic E-state index is 10.5. The van der Waals surface area contributed by atoms with Gasteiger partial charge in [-0.1, -0.05) is 11.8 Å². The average Bonchev–Trinajstić information content (AvgIpc) is 2.73. The molecule has 6 nitrogen and oxygen atoms in total. The molecule has 0 aliphatic rings. The van der Waals surface area contributed by atoms with Gasteiger partial charge < -0.3 is 19.1 Å². The van der Waals surface area contributed by atoms with E-state index in [9.17, 15) is 4.79 Å². The molecule has 1 aromatic heterocycles. The molecule has 0 aliphatic carbocycles. The molecule has 0 bridgehead atoms. The van der Waals surface area contributed by atoms with Gasteiger partial charge >= 0.3 is 5.97 Å². The zero-order valence-corrected chi connectivity index (χ0v) is 10.6. The van der Waals surface area contributed by atoms with Crippen LogP contribution in [-0.4, -0.2) is 53.3 Å². The third kappa shape index (κ3) is 4.76. The third-order valence-electron chi connectivity index (χ3n) is 2.09. The Bertz CT molecular complexity index is 356. The van der Waals surface area contributed by atoms with Crippen LogP contribution in [0.4, 0.5) is 0 Å². The molecule has 0 saturated heterocycles. The molecule has 96 valence electrons. The van der Waals surface area contributed by atoms with E-state index < -0.39 is 5.97 Å². The van der Waals surface area contributed by atoms with E-state index in [1.807, 2.05) is 4.57 Å². The van der Waals surface area contributed by atoms with Crippen molar-refractivity contribution in [3.63, 3.8) is 0 Å². The zero-order valence-electron chi connectivity index (χ0n) is 9.83. The van der Waals surface area contributed by atoms with E-state index in [0.29, 0.717) is 18.3 Å². The summed E-state index contributed by atoms with van der Waals surface area (Å²) in [5.41, 5.74) is 0. The number of hydrogen-bond donors (Lipinski definition) is 1. The van der Waals surface area contributed by atoms with Crippen molar-refractivity contribution in [1.82, 2.24) is 9.55 Å². The monoisotopic (exact) mass is 260 g/mol. The van der Waals surface area contributed by atoms with Crippen LogP contribution < -0.4 is 0 Å². The SMILES string of the molecule is COCC(Cn1ccnc1SCC(=O)O)OC. The number of carboxylic acids is 1. The molecular weight excluding hydrogens is 244 g/mol. The number of nitrogens with zero attached hydrogens (tertiary/aromatic N) is 2. The second kappa shape index (κ2) is 7.31. The van der Waals surface area contributed by atoms with E-state index in [-0.39, 0.29) is 11.9 Å². The molecule has 1 aromatic rings. The number of aliphatic carboxylic acids is 1. The summed E-state index contributed by atoms with van der Waals surface area (Å²) in [5.74, 6) is -0.858. The molecule has 17 heavy (non-hydrogen) atoms. The molecule has 1 rings (SSSR count). The summed E-state index contributed by atoms with van der Waals surface area (Å²) in [7, 11) is 3.23. The number of carboxylic acid groups (broad SMARTS) is 1. The molecule has 0 aliphatic heterocycles. The van der Waals surface area contributed by atoms with E-state index in [0.717, 1.165) is 0 Å². The number of rotatable bonds is 8. The van der Waals surface area contributed by atoms with Gasteiger partial charge in [0, 0.05) is 26.6 Å². The average molecular weight is 260 g/mol. The third-order valence-corrected chi connectivity index (χ3v) is 3.08. The first-order chi connectivity index (χ1) is 8.17. The first kappa shape index (κ1) is 14.0. The van der Waals surface area contributed by atoms with Crippen LogP contribution in [0.1, 0.15) is 0 Å². The fourth-order valence-electron chi connectivity index (χ4n) is 1.30. The first-order valence-corrected chi connectivity index (χ1v) is 6.03. The Morgan fingerprint density at radius 3 is 3.00 bits per heavy atom. The number of methoxy groups -OCH3 is 2. The van der Waals surface area contributed by atoms with E-state index in [1.54, 1.807) is 26.6 Å². The van der Waals surface area contributed by atoms with E-state index in [4.69, 9.17) is 14.6 Å². The van der Waals surface area contributed by atoms with Crippen LogP contribution in [0.2, 0.25) is 0 Å². The maximum absolute atomic E-state index is 10.5. The lowest BCUT2D eigenvalue weighted by Crippen LogP contribution is -2.23. The van der Waals surface area contributed by atoms with Crippen molar-refractivity contribution in [1.29, 1.82) is 0 Å². The molecule has 1 unspecified atom stereocenters.